The Kier molecular flexibility index (Phi) is 5.58. The van der Waals surface area contributed by atoms with Crippen molar-refractivity contribution in [2.24, 2.45) is 5.92 Å². The molecule has 2 heterocycles. The second-order valence-corrected chi connectivity index (χ2v) is 7.28. The Hall–Kier alpha value is -2.70. The minimum atomic E-state index is -0.305. The van der Waals surface area contributed by atoms with E-state index >= 15 is 0 Å². The molecular formula is C20H24FN3O3. The maximum Gasteiger partial charge on any atom is 0.276 e. The van der Waals surface area contributed by atoms with Crippen LogP contribution in [0.25, 0.3) is 0 Å². The van der Waals surface area contributed by atoms with E-state index in [1.807, 2.05) is 13.8 Å². The Balaban J connectivity index is 1.81. The van der Waals surface area contributed by atoms with Crippen LogP contribution < -0.4 is 0 Å². The number of halogens is 1. The number of aryl methyl sites for hydroxylation is 1. The van der Waals surface area contributed by atoms with Crippen LogP contribution in [-0.4, -0.2) is 45.9 Å². The monoisotopic (exact) mass is 373 g/mol. The van der Waals surface area contributed by atoms with Gasteiger partial charge in [0.2, 0.25) is 5.91 Å². The zero-order valence-corrected chi connectivity index (χ0v) is 15.8. The Morgan fingerprint density at radius 3 is 2.63 bits per heavy atom. The first kappa shape index (κ1) is 19.1. The average molecular weight is 373 g/mol. The normalized spacial score (nSPS) is 18.1. The molecule has 6 nitrogen and oxygen atoms in total. The summed E-state index contributed by atoms with van der Waals surface area (Å²) in [6, 6.07) is 7.63. The average Bonchev–Trinajstić information content (AvgIpc) is 3.00. The highest BCUT2D eigenvalue weighted by Gasteiger charge is 2.34. The van der Waals surface area contributed by atoms with Crippen molar-refractivity contribution in [1.82, 2.24) is 15.0 Å². The predicted octanol–water partition coefficient (Wildman–Crippen LogP) is 3.02. The van der Waals surface area contributed by atoms with Gasteiger partial charge >= 0.3 is 0 Å². The van der Waals surface area contributed by atoms with Crippen molar-refractivity contribution >= 4 is 11.8 Å². The first-order chi connectivity index (χ1) is 12.8. The van der Waals surface area contributed by atoms with E-state index in [0.717, 1.165) is 5.56 Å². The molecule has 0 radical (unpaired) electrons. The molecule has 1 aliphatic heterocycles. The summed E-state index contributed by atoms with van der Waals surface area (Å²) in [7, 11) is 0. The van der Waals surface area contributed by atoms with E-state index < -0.39 is 0 Å². The second-order valence-electron chi connectivity index (χ2n) is 7.28. The van der Waals surface area contributed by atoms with Crippen molar-refractivity contribution in [2.45, 2.75) is 39.8 Å². The van der Waals surface area contributed by atoms with Crippen molar-refractivity contribution in [1.29, 1.82) is 0 Å². The SMILES string of the molecule is Cc1cc(C(=O)N2CCC(=O)N(Cc3ccc(F)cc3)[C@H](C(C)C)C2)no1. The molecule has 1 atom stereocenters. The Morgan fingerprint density at radius 2 is 2.04 bits per heavy atom. The van der Waals surface area contributed by atoms with Gasteiger partial charge in [0.15, 0.2) is 5.69 Å². The fraction of sp³-hybridized carbons (Fsp3) is 0.450. The number of hydrogen-bond acceptors (Lipinski definition) is 4. The Bertz CT molecular complexity index is 816. The molecule has 0 unspecified atom stereocenters. The van der Waals surface area contributed by atoms with Crippen molar-refractivity contribution in [3.05, 3.63) is 53.2 Å². The molecule has 1 aromatic heterocycles. The summed E-state index contributed by atoms with van der Waals surface area (Å²) in [5, 5.41) is 3.81. The van der Waals surface area contributed by atoms with Crippen LogP contribution in [0.3, 0.4) is 0 Å². The van der Waals surface area contributed by atoms with E-state index in [-0.39, 0.29) is 41.7 Å². The molecule has 0 bridgehead atoms. The molecule has 7 heteroatoms. The molecule has 1 aliphatic rings. The van der Waals surface area contributed by atoms with Crippen LogP contribution in [0.15, 0.2) is 34.9 Å². The van der Waals surface area contributed by atoms with Crippen LogP contribution in [0.4, 0.5) is 4.39 Å². The summed E-state index contributed by atoms with van der Waals surface area (Å²) in [5.74, 6) is 0.184. The number of rotatable bonds is 4. The largest absolute Gasteiger partial charge is 0.361 e. The summed E-state index contributed by atoms with van der Waals surface area (Å²) in [6.45, 7) is 6.96. The van der Waals surface area contributed by atoms with Gasteiger partial charge in [-0.1, -0.05) is 31.1 Å². The highest BCUT2D eigenvalue weighted by molar-refractivity contribution is 5.93. The van der Waals surface area contributed by atoms with Gasteiger partial charge in [-0.25, -0.2) is 4.39 Å². The van der Waals surface area contributed by atoms with Gasteiger partial charge < -0.3 is 14.3 Å². The van der Waals surface area contributed by atoms with E-state index in [1.165, 1.54) is 12.1 Å². The van der Waals surface area contributed by atoms with Crippen LogP contribution in [0, 0.1) is 18.7 Å². The molecule has 27 heavy (non-hydrogen) atoms. The number of aromatic nitrogens is 1. The number of amides is 2. The lowest BCUT2D eigenvalue weighted by Crippen LogP contribution is -2.47. The minimum Gasteiger partial charge on any atom is -0.361 e. The van der Waals surface area contributed by atoms with Gasteiger partial charge in [0.25, 0.3) is 5.91 Å². The van der Waals surface area contributed by atoms with E-state index in [1.54, 1.807) is 34.9 Å². The lowest BCUT2D eigenvalue weighted by molar-refractivity contribution is -0.134. The van der Waals surface area contributed by atoms with E-state index in [2.05, 4.69) is 5.16 Å². The topological polar surface area (TPSA) is 66.7 Å². The number of hydrogen-bond donors (Lipinski definition) is 0. The predicted molar refractivity (Wildman–Crippen MR) is 97.3 cm³/mol. The third-order valence-electron chi connectivity index (χ3n) is 4.89. The van der Waals surface area contributed by atoms with E-state index in [9.17, 15) is 14.0 Å². The van der Waals surface area contributed by atoms with E-state index in [4.69, 9.17) is 4.52 Å². The Morgan fingerprint density at radius 1 is 1.33 bits per heavy atom. The molecule has 3 rings (SSSR count). The van der Waals surface area contributed by atoms with E-state index in [0.29, 0.717) is 25.4 Å². The van der Waals surface area contributed by atoms with Crippen LogP contribution in [0.5, 0.6) is 0 Å². The number of benzene rings is 1. The van der Waals surface area contributed by atoms with Gasteiger partial charge in [0.1, 0.15) is 11.6 Å². The molecule has 2 amide bonds. The van der Waals surface area contributed by atoms with Crippen LogP contribution >= 0.6 is 0 Å². The van der Waals surface area contributed by atoms with Crippen LogP contribution in [-0.2, 0) is 11.3 Å². The van der Waals surface area contributed by atoms with Crippen molar-refractivity contribution in [3.63, 3.8) is 0 Å². The van der Waals surface area contributed by atoms with Gasteiger partial charge in [-0.3, -0.25) is 9.59 Å². The maximum atomic E-state index is 13.2. The van der Waals surface area contributed by atoms with Crippen molar-refractivity contribution in [2.75, 3.05) is 13.1 Å². The molecule has 1 aromatic carbocycles. The lowest BCUT2D eigenvalue weighted by atomic mass is 10.0. The molecule has 0 aliphatic carbocycles. The minimum absolute atomic E-state index is 0.00958. The quantitative estimate of drug-likeness (QED) is 0.826. The second kappa shape index (κ2) is 7.90. The fourth-order valence-corrected chi connectivity index (χ4v) is 3.35. The van der Waals surface area contributed by atoms with Crippen molar-refractivity contribution < 1.29 is 18.5 Å². The third-order valence-corrected chi connectivity index (χ3v) is 4.89. The van der Waals surface area contributed by atoms with Gasteiger partial charge in [0, 0.05) is 32.1 Å². The summed E-state index contributed by atoms with van der Waals surface area (Å²) in [4.78, 5) is 29.0. The zero-order valence-electron chi connectivity index (χ0n) is 15.8. The highest BCUT2D eigenvalue weighted by Crippen LogP contribution is 2.22. The first-order valence-corrected chi connectivity index (χ1v) is 9.11. The summed E-state index contributed by atoms with van der Waals surface area (Å²) >= 11 is 0. The van der Waals surface area contributed by atoms with Gasteiger partial charge in [-0.2, -0.15) is 0 Å². The van der Waals surface area contributed by atoms with Gasteiger partial charge in [-0.05, 0) is 30.5 Å². The van der Waals surface area contributed by atoms with Crippen molar-refractivity contribution in [3.8, 4) is 0 Å². The summed E-state index contributed by atoms with van der Waals surface area (Å²) < 4.78 is 18.2. The number of carbonyl (C=O) groups is 2. The summed E-state index contributed by atoms with van der Waals surface area (Å²) in [5.41, 5.74) is 1.12. The molecule has 144 valence electrons. The highest BCUT2D eigenvalue weighted by atomic mass is 19.1. The maximum absolute atomic E-state index is 13.2. The molecule has 1 saturated heterocycles. The molecule has 0 saturated carbocycles. The summed E-state index contributed by atoms with van der Waals surface area (Å²) in [6.07, 6.45) is 0.243. The first-order valence-electron chi connectivity index (χ1n) is 9.11. The van der Waals surface area contributed by atoms with Crippen LogP contribution in [0.1, 0.15) is 42.1 Å². The standard InChI is InChI=1S/C20H24FN3O3/c1-13(2)18-12-23(20(26)17-10-14(3)27-22-17)9-8-19(25)24(18)11-15-4-6-16(21)7-5-15/h4-7,10,13,18H,8-9,11-12H2,1-3H3/t18-/m0/s1. The Labute approximate surface area is 157 Å². The third kappa shape index (κ3) is 4.35. The number of carbonyl (C=O) groups excluding carboxylic acids is 2. The molecular weight excluding hydrogens is 349 g/mol. The molecule has 0 spiro atoms. The van der Waals surface area contributed by atoms with Gasteiger partial charge in [0.05, 0.1) is 6.04 Å². The fourth-order valence-electron chi connectivity index (χ4n) is 3.35. The van der Waals surface area contributed by atoms with Gasteiger partial charge in [-0.15, -0.1) is 0 Å². The molecule has 2 aromatic rings. The lowest BCUT2D eigenvalue weighted by Gasteiger charge is -2.34. The zero-order chi connectivity index (χ0) is 19.6. The smallest absolute Gasteiger partial charge is 0.276 e. The molecule has 0 N–H and O–H groups in total. The molecule has 1 fully saturated rings. The van der Waals surface area contributed by atoms with Crippen LogP contribution in [0.2, 0.25) is 0 Å². The number of nitrogens with zero attached hydrogens (tertiary/aromatic N) is 3.